The lowest BCUT2D eigenvalue weighted by atomic mass is 10.1. The van der Waals surface area contributed by atoms with Gasteiger partial charge in [0.1, 0.15) is 12.4 Å². The van der Waals surface area contributed by atoms with Gasteiger partial charge in [-0.2, -0.15) is 0 Å². The fraction of sp³-hybridized carbons (Fsp3) is 0.903. The average molecular weight is 462 g/mol. The Bertz CT molecular complexity index is 481. The number of aromatic nitrogens is 2. The van der Waals surface area contributed by atoms with Crippen molar-refractivity contribution in [1.29, 1.82) is 0 Å². The Morgan fingerprint density at radius 3 is 1.45 bits per heavy atom. The van der Waals surface area contributed by atoms with Gasteiger partial charge in [-0.3, -0.25) is 0 Å². The molecule has 2 nitrogen and oxygen atoms in total. The van der Waals surface area contributed by atoms with Crippen molar-refractivity contribution in [2.75, 3.05) is 0 Å². The summed E-state index contributed by atoms with van der Waals surface area (Å²) in [4.78, 5) is 0. The van der Waals surface area contributed by atoms with Crippen molar-refractivity contribution < 1.29 is 4.57 Å². The summed E-state index contributed by atoms with van der Waals surface area (Å²) in [5.41, 5.74) is 0. The van der Waals surface area contributed by atoms with Gasteiger partial charge >= 0.3 is 0 Å². The minimum Gasteiger partial charge on any atom is -0.234 e. The SMILES string of the molecule is CCCCCCCCCCn1cc[n+](CCCCCCCCCC)c1CCCCCCCC. The molecule has 0 saturated heterocycles. The number of imidazole rings is 1. The van der Waals surface area contributed by atoms with Crippen LogP contribution in [0.2, 0.25) is 0 Å². The van der Waals surface area contributed by atoms with Gasteiger partial charge in [-0.15, -0.1) is 0 Å². The molecular formula is C31H61N2+. The second-order valence-corrected chi connectivity index (χ2v) is 10.6. The highest BCUT2D eigenvalue weighted by molar-refractivity contribution is 4.84. The summed E-state index contributed by atoms with van der Waals surface area (Å²) in [6, 6.07) is 0. The summed E-state index contributed by atoms with van der Waals surface area (Å²) in [6.45, 7) is 9.38. The second kappa shape index (κ2) is 23.0. The van der Waals surface area contributed by atoms with E-state index in [2.05, 4.69) is 42.3 Å². The summed E-state index contributed by atoms with van der Waals surface area (Å²) >= 11 is 0. The lowest BCUT2D eigenvalue weighted by molar-refractivity contribution is -0.704. The molecule has 0 amide bonds. The molecule has 0 radical (unpaired) electrons. The number of aryl methyl sites for hydroxylation is 2. The molecule has 0 fully saturated rings. The smallest absolute Gasteiger partial charge is 0.234 e. The molecule has 0 bridgehead atoms. The van der Waals surface area contributed by atoms with Crippen molar-refractivity contribution in [2.24, 2.45) is 0 Å². The molecule has 0 N–H and O–H groups in total. The number of unbranched alkanes of at least 4 members (excludes halogenated alkanes) is 19. The van der Waals surface area contributed by atoms with E-state index in [0.717, 1.165) is 0 Å². The maximum Gasteiger partial charge on any atom is 0.256 e. The van der Waals surface area contributed by atoms with E-state index in [-0.39, 0.29) is 0 Å². The van der Waals surface area contributed by atoms with Crippen molar-refractivity contribution in [1.82, 2.24) is 4.57 Å². The van der Waals surface area contributed by atoms with Crippen molar-refractivity contribution in [3.8, 4) is 0 Å². The summed E-state index contributed by atoms with van der Waals surface area (Å²) in [5.74, 6) is 1.61. The van der Waals surface area contributed by atoms with Gasteiger partial charge in [0.2, 0.25) is 0 Å². The van der Waals surface area contributed by atoms with E-state index >= 15 is 0 Å². The molecule has 0 spiro atoms. The zero-order chi connectivity index (χ0) is 23.8. The first-order valence-electron chi connectivity index (χ1n) is 15.4. The number of hydrogen-bond donors (Lipinski definition) is 0. The summed E-state index contributed by atoms with van der Waals surface area (Å²) in [5, 5.41) is 0. The van der Waals surface area contributed by atoms with Crippen LogP contribution in [0.15, 0.2) is 12.4 Å². The minimum absolute atomic E-state index is 1.23. The lowest BCUT2D eigenvalue weighted by Gasteiger charge is -2.07. The van der Waals surface area contributed by atoms with Crippen LogP contribution in [0.1, 0.15) is 168 Å². The van der Waals surface area contributed by atoms with E-state index in [4.69, 9.17) is 0 Å². The molecule has 1 aromatic heterocycles. The maximum absolute atomic E-state index is 2.61. The van der Waals surface area contributed by atoms with Crippen LogP contribution < -0.4 is 4.57 Å². The van der Waals surface area contributed by atoms with Crippen LogP contribution in [-0.2, 0) is 19.5 Å². The first kappa shape index (κ1) is 30.2. The van der Waals surface area contributed by atoms with E-state index in [1.807, 2.05) is 0 Å². The fourth-order valence-corrected chi connectivity index (χ4v) is 5.09. The van der Waals surface area contributed by atoms with Gasteiger partial charge in [-0.05, 0) is 32.1 Å². The van der Waals surface area contributed by atoms with Crippen LogP contribution in [0.3, 0.4) is 0 Å². The van der Waals surface area contributed by atoms with Gasteiger partial charge in [0.25, 0.3) is 5.82 Å². The third-order valence-electron chi connectivity index (χ3n) is 7.35. The standard InChI is InChI=1S/C31H61N2/c1-4-7-10-13-16-18-21-24-27-32-29-30-33(28-25-22-19-17-14-11-8-5-2)31(32)26-23-20-15-12-9-6-3/h29-30H,4-28H2,1-3H3/q+1. The quantitative estimate of drug-likeness (QED) is 0.101. The third-order valence-corrected chi connectivity index (χ3v) is 7.35. The molecule has 1 heterocycles. The average Bonchev–Trinajstić information content (AvgIpc) is 3.21. The van der Waals surface area contributed by atoms with Crippen LogP contribution in [-0.4, -0.2) is 4.57 Å². The molecular weight excluding hydrogens is 400 g/mol. The van der Waals surface area contributed by atoms with Crippen LogP contribution in [0.25, 0.3) is 0 Å². The first-order chi connectivity index (χ1) is 16.3. The number of nitrogens with zero attached hydrogens (tertiary/aromatic N) is 2. The fourth-order valence-electron chi connectivity index (χ4n) is 5.09. The first-order valence-corrected chi connectivity index (χ1v) is 15.4. The molecule has 0 aliphatic rings. The molecule has 33 heavy (non-hydrogen) atoms. The minimum atomic E-state index is 1.23. The van der Waals surface area contributed by atoms with Gasteiger partial charge in [0.15, 0.2) is 0 Å². The van der Waals surface area contributed by atoms with Crippen LogP contribution >= 0.6 is 0 Å². The van der Waals surface area contributed by atoms with Crippen molar-refractivity contribution >= 4 is 0 Å². The molecule has 0 atom stereocenters. The highest BCUT2D eigenvalue weighted by Crippen LogP contribution is 2.13. The van der Waals surface area contributed by atoms with Crippen molar-refractivity contribution in [3.63, 3.8) is 0 Å². The molecule has 0 aliphatic carbocycles. The van der Waals surface area contributed by atoms with E-state index in [9.17, 15) is 0 Å². The van der Waals surface area contributed by atoms with Gasteiger partial charge < -0.3 is 0 Å². The molecule has 2 heteroatoms. The highest BCUT2D eigenvalue weighted by atomic mass is 15.1. The Kier molecular flexibility index (Phi) is 21.1. The molecule has 194 valence electrons. The Hall–Kier alpha value is -0.790. The predicted molar refractivity (Wildman–Crippen MR) is 147 cm³/mol. The van der Waals surface area contributed by atoms with Crippen LogP contribution in [0, 0.1) is 0 Å². The number of rotatable bonds is 25. The van der Waals surface area contributed by atoms with E-state index < -0.39 is 0 Å². The van der Waals surface area contributed by atoms with E-state index in [0.29, 0.717) is 0 Å². The summed E-state index contributed by atoms with van der Waals surface area (Å²) in [6.07, 6.45) is 37.0. The van der Waals surface area contributed by atoms with Gasteiger partial charge in [0, 0.05) is 6.42 Å². The van der Waals surface area contributed by atoms with Crippen LogP contribution in [0.5, 0.6) is 0 Å². The Morgan fingerprint density at radius 1 is 0.515 bits per heavy atom. The maximum atomic E-state index is 2.61. The van der Waals surface area contributed by atoms with Gasteiger partial charge in [-0.25, -0.2) is 9.13 Å². The van der Waals surface area contributed by atoms with Gasteiger partial charge in [0.05, 0.1) is 13.1 Å². The Labute approximate surface area is 208 Å². The summed E-state index contributed by atoms with van der Waals surface area (Å²) < 4.78 is 5.21. The van der Waals surface area contributed by atoms with E-state index in [1.54, 1.807) is 5.82 Å². The zero-order valence-electron chi connectivity index (χ0n) is 23.2. The monoisotopic (exact) mass is 461 g/mol. The molecule has 0 aromatic carbocycles. The Balaban J connectivity index is 2.37. The third kappa shape index (κ3) is 16.5. The molecule has 1 aromatic rings. The zero-order valence-corrected chi connectivity index (χ0v) is 23.2. The largest absolute Gasteiger partial charge is 0.256 e. The van der Waals surface area contributed by atoms with Gasteiger partial charge in [-0.1, -0.05) is 130 Å². The molecule has 1 rings (SSSR count). The molecule has 0 saturated carbocycles. The predicted octanol–water partition coefficient (Wildman–Crippen LogP) is 9.96. The normalized spacial score (nSPS) is 11.5. The van der Waals surface area contributed by atoms with E-state index in [1.165, 1.54) is 161 Å². The topological polar surface area (TPSA) is 8.81 Å². The van der Waals surface area contributed by atoms with Crippen molar-refractivity contribution in [3.05, 3.63) is 18.2 Å². The molecule has 0 aliphatic heterocycles. The second-order valence-electron chi connectivity index (χ2n) is 10.6. The Morgan fingerprint density at radius 2 is 0.939 bits per heavy atom. The van der Waals surface area contributed by atoms with Crippen LogP contribution in [0.4, 0.5) is 0 Å². The molecule has 0 unspecified atom stereocenters. The van der Waals surface area contributed by atoms with Crippen molar-refractivity contribution in [2.45, 2.75) is 182 Å². The lowest BCUT2D eigenvalue weighted by Crippen LogP contribution is -2.37. The number of hydrogen-bond acceptors (Lipinski definition) is 0. The summed E-state index contributed by atoms with van der Waals surface area (Å²) in [7, 11) is 0. The highest BCUT2D eigenvalue weighted by Gasteiger charge is 2.16.